The van der Waals surface area contributed by atoms with Gasteiger partial charge in [0.15, 0.2) is 0 Å². The van der Waals surface area contributed by atoms with E-state index in [0.29, 0.717) is 21.2 Å². The van der Waals surface area contributed by atoms with E-state index in [1.54, 1.807) is 63.0 Å². The molecule has 1 fully saturated rings. The zero-order valence-electron chi connectivity index (χ0n) is 37.5. The Labute approximate surface area is 409 Å². The van der Waals surface area contributed by atoms with E-state index < -0.39 is 0 Å². The van der Waals surface area contributed by atoms with Crippen LogP contribution >= 0.6 is 39.1 Å². The van der Waals surface area contributed by atoms with E-state index in [-0.39, 0.29) is 77.1 Å². The summed E-state index contributed by atoms with van der Waals surface area (Å²) in [6, 6.07) is 14.3. The Balaban J connectivity index is 0.000000806. The fourth-order valence-electron chi connectivity index (χ4n) is 5.47. The standard InChI is InChI=1S/C11H10ClFN2.C11H11FN2O.C10H17BN2O2.C7H6BrFO.C6H12ClN.3CH4/c1-15-7-10(6-14-15)8-2-3-9(5-12)11(13)4-8;1-14-6-10(5-13-14)8-2-3-9(7-15)11(12)4-8;1-9(2)10(3,4)15-11(14-9)8-6-12-13(5)7-8;8-6-2-1-5(4-10)7(9)3-6;1-5(2)6(7)8(3)4;;;/h2-4,6-7H,5H2,1H3;2-6,15H,7H2,1H3;6-7H,1-5H3;1-3,10H,4H2;1-4H3;3*1H4. The molecule has 0 radical (unpaired) electrons. The van der Waals surface area contributed by atoms with Crippen LogP contribution in [0.5, 0.6) is 0 Å². The second-order valence-electron chi connectivity index (χ2n) is 15.8. The van der Waals surface area contributed by atoms with Crippen molar-refractivity contribution in [3.8, 4) is 22.3 Å². The first-order valence-corrected chi connectivity index (χ1v) is 21.3. The van der Waals surface area contributed by atoms with E-state index in [1.807, 2.05) is 106 Å². The number of allylic oxidation sites excluding steroid dienone is 1. The molecule has 0 atom stereocenters. The Bertz CT molecular complexity index is 2310. The predicted octanol–water partition coefficient (Wildman–Crippen LogP) is 11.4. The predicted molar refractivity (Wildman–Crippen MR) is 270 cm³/mol. The minimum absolute atomic E-state index is 0. The van der Waals surface area contributed by atoms with Gasteiger partial charge in [0.05, 0.1) is 42.7 Å². The van der Waals surface area contributed by atoms with Crippen LogP contribution in [0.1, 0.15) is 80.5 Å². The third-order valence-corrected chi connectivity index (χ3v) is 11.2. The molecule has 0 spiro atoms. The first-order chi connectivity index (χ1) is 29.5. The number of aliphatic hydroxyl groups is 2. The number of hydrogen-bond acceptors (Lipinski definition) is 8. The smallest absolute Gasteiger partial charge is 0.399 e. The molecule has 6 aromatic rings. The van der Waals surface area contributed by atoms with E-state index in [1.165, 1.54) is 18.2 Å². The minimum Gasteiger partial charge on any atom is -0.399 e. The number of halogens is 6. The van der Waals surface area contributed by atoms with Crippen LogP contribution in [0.2, 0.25) is 0 Å². The molecule has 7 rings (SSSR count). The minimum atomic E-state index is -0.390. The van der Waals surface area contributed by atoms with Crippen LogP contribution in [0, 0.1) is 17.5 Å². The number of alkyl halides is 1. The maximum Gasteiger partial charge on any atom is 0.498 e. The SMILES string of the molecule is C.C.C.CC(C)=C(Cl)N(C)C.Cn1cc(-c2ccc(CCl)c(F)c2)cn1.Cn1cc(-c2ccc(CO)c(F)c2)cn1.Cn1cc(B2OC(C)(C)C(C)(C)O2)cn1.OCc1ccc(Br)cc1F. The molecule has 3 aromatic carbocycles. The van der Waals surface area contributed by atoms with Gasteiger partial charge in [0, 0.05) is 97.8 Å². The van der Waals surface area contributed by atoms with Crippen molar-refractivity contribution in [1.29, 1.82) is 0 Å². The lowest BCUT2D eigenvalue weighted by Crippen LogP contribution is -2.41. The number of benzene rings is 3. The van der Waals surface area contributed by atoms with Gasteiger partial charge < -0.3 is 24.4 Å². The van der Waals surface area contributed by atoms with Crippen LogP contribution in [0.3, 0.4) is 0 Å². The van der Waals surface area contributed by atoms with Gasteiger partial charge >= 0.3 is 7.12 Å². The van der Waals surface area contributed by atoms with E-state index in [4.69, 9.17) is 42.7 Å². The van der Waals surface area contributed by atoms with E-state index in [0.717, 1.165) is 38.4 Å². The van der Waals surface area contributed by atoms with Gasteiger partial charge in [0.2, 0.25) is 0 Å². The molecular weight excluding hydrogens is 957 g/mol. The first kappa shape index (κ1) is 61.6. The summed E-state index contributed by atoms with van der Waals surface area (Å²) in [5.74, 6) is -0.846. The largest absolute Gasteiger partial charge is 0.498 e. The lowest BCUT2D eigenvalue weighted by Gasteiger charge is -2.32. The van der Waals surface area contributed by atoms with Crippen molar-refractivity contribution in [2.75, 3.05) is 14.1 Å². The molecule has 11 nitrogen and oxygen atoms in total. The third-order valence-electron chi connectivity index (χ3n) is 9.74. The van der Waals surface area contributed by atoms with Gasteiger partial charge in [-0.15, -0.1) is 11.6 Å². The van der Waals surface area contributed by atoms with Gasteiger partial charge in [-0.1, -0.05) is 80.1 Å². The first-order valence-electron chi connectivity index (χ1n) is 19.6. The fraction of sp³-hybridized carbons (Fsp3) is 0.396. The molecule has 0 saturated carbocycles. The third kappa shape index (κ3) is 18.0. The Morgan fingerprint density at radius 3 is 1.36 bits per heavy atom. The Kier molecular flexibility index (Phi) is 26.2. The van der Waals surface area contributed by atoms with Crippen molar-refractivity contribution < 1.29 is 32.7 Å². The number of aromatic nitrogens is 6. The zero-order chi connectivity index (χ0) is 47.2. The van der Waals surface area contributed by atoms with Crippen molar-refractivity contribution in [3.05, 3.63) is 141 Å². The molecule has 1 aliphatic heterocycles. The van der Waals surface area contributed by atoms with Gasteiger partial charge in [0.1, 0.15) is 22.6 Å². The van der Waals surface area contributed by atoms with Gasteiger partial charge in [0.25, 0.3) is 0 Å². The molecule has 0 bridgehead atoms. The Morgan fingerprint density at radius 2 is 1.06 bits per heavy atom. The van der Waals surface area contributed by atoms with Crippen LogP contribution in [0.25, 0.3) is 22.3 Å². The van der Waals surface area contributed by atoms with Gasteiger partial charge in [-0.05, 0) is 82.5 Å². The highest BCUT2D eigenvalue weighted by atomic mass is 79.9. The highest BCUT2D eigenvalue weighted by Crippen LogP contribution is 2.36. The summed E-state index contributed by atoms with van der Waals surface area (Å²) in [6.07, 6.45) is 10.7. The lowest BCUT2D eigenvalue weighted by atomic mass is 9.82. The molecule has 0 aliphatic carbocycles. The number of hydrogen-bond donors (Lipinski definition) is 2. The van der Waals surface area contributed by atoms with Crippen LogP contribution in [-0.4, -0.2) is 76.9 Å². The van der Waals surface area contributed by atoms with Crippen LogP contribution in [0.4, 0.5) is 13.2 Å². The summed E-state index contributed by atoms with van der Waals surface area (Å²) in [5, 5.41) is 30.4. The molecule has 0 amide bonds. The topological polar surface area (TPSA) is 116 Å². The van der Waals surface area contributed by atoms with E-state index >= 15 is 0 Å². The molecule has 4 heterocycles. The van der Waals surface area contributed by atoms with Crippen molar-refractivity contribution in [2.24, 2.45) is 21.1 Å². The lowest BCUT2D eigenvalue weighted by molar-refractivity contribution is 0.00578. The van der Waals surface area contributed by atoms with Gasteiger partial charge in [-0.3, -0.25) is 14.0 Å². The average molecular weight is 1030 g/mol. The quantitative estimate of drug-likeness (QED) is 0.0923. The molecule has 0 unspecified atom stereocenters. The van der Waals surface area contributed by atoms with Crippen LogP contribution in [-0.2, 0) is 49.5 Å². The molecule has 3 aromatic heterocycles. The highest BCUT2D eigenvalue weighted by Gasteiger charge is 2.52. The molecule has 1 aliphatic rings. The molecular formula is C48H68BBrCl2F3N7O4. The average Bonchev–Trinajstić information content (AvgIpc) is 4.02. The van der Waals surface area contributed by atoms with Gasteiger partial charge in [-0.2, -0.15) is 15.3 Å². The van der Waals surface area contributed by atoms with Crippen molar-refractivity contribution in [3.63, 3.8) is 0 Å². The number of rotatable bonds is 7. The molecule has 364 valence electrons. The number of nitrogens with zero attached hydrogens (tertiary/aromatic N) is 7. The van der Waals surface area contributed by atoms with Crippen molar-refractivity contribution in [2.45, 2.75) is 94.1 Å². The summed E-state index contributed by atoms with van der Waals surface area (Å²) >= 11 is 14.4. The normalized spacial score (nSPS) is 12.7. The second kappa shape index (κ2) is 28.0. The maximum atomic E-state index is 13.4. The Hall–Kier alpha value is -4.42. The van der Waals surface area contributed by atoms with Gasteiger partial charge in [-0.25, -0.2) is 13.2 Å². The van der Waals surface area contributed by atoms with Crippen molar-refractivity contribution >= 4 is 51.7 Å². The summed E-state index contributed by atoms with van der Waals surface area (Å²) < 4.78 is 57.0. The number of aryl methyl sites for hydroxylation is 3. The molecule has 66 heavy (non-hydrogen) atoms. The van der Waals surface area contributed by atoms with Crippen LogP contribution < -0.4 is 5.46 Å². The van der Waals surface area contributed by atoms with E-state index in [9.17, 15) is 13.2 Å². The molecule has 2 N–H and O–H groups in total. The van der Waals surface area contributed by atoms with Crippen LogP contribution in [0.15, 0.2) is 107 Å². The summed E-state index contributed by atoms with van der Waals surface area (Å²) in [5.41, 5.74) is 6.04. The maximum absolute atomic E-state index is 13.4. The molecule has 1 saturated heterocycles. The summed E-state index contributed by atoms with van der Waals surface area (Å²) in [4.78, 5) is 1.89. The van der Waals surface area contributed by atoms with E-state index in [2.05, 4.69) is 31.2 Å². The Morgan fingerprint density at radius 1 is 0.667 bits per heavy atom. The highest BCUT2D eigenvalue weighted by molar-refractivity contribution is 9.10. The summed E-state index contributed by atoms with van der Waals surface area (Å²) in [6.45, 7) is 11.6. The monoisotopic (exact) mass is 1020 g/mol. The molecule has 18 heteroatoms. The summed E-state index contributed by atoms with van der Waals surface area (Å²) in [7, 11) is 9.07. The fourth-order valence-corrected chi connectivity index (χ4v) is 6.02. The zero-order valence-corrected chi connectivity index (χ0v) is 40.6. The van der Waals surface area contributed by atoms with Crippen molar-refractivity contribution in [1.82, 2.24) is 34.2 Å². The second-order valence-corrected chi connectivity index (χ2v) is 17.4. The number of aliphatic hydroxyl groups excluding tert-OH is 2.